The van der Waals surface area contributed by atoms with Crippen LogP contribution >= 0.6 is 23.8 Å². The molecule has 14 heavy (non-hydrogen) atoms. The minimum Gasteiger partial charge on any atom is -0.310 e. The molecule has 0 saturated carbocycles. The molecule has 0 atom stereocenters. The number of aryl methyl sites for hydroxylation is 1. The zero-order valence-electron chi connectivity index (χ0n) is 8.23. The second-order valence-electron chi connectivity index (χ2n) is 3.58. The van der Waals surface area contributed by atoms with Crippen LogP contribution in [0.2, 0.25) is 0 Å². The van der Waals surface area contributed by atoms with Crippen LogP contribution in [0, 0.1) is 12.8 Å². The largest absolute Gasteiger partial charge is 0.310 e. The Morgan fingerprint density at radius 3 is 2.64 bits per heavy atom. The van der Waals surface area contributed by atoms with Crippen LogP contribution in [-0.4, -0.2) is 18.1 Å². The van der Waals surface area contributed by atoms with Crippen molar-refractivity contribution in [2.45, 2.75) is 11.8 Å². The quantitative estimate of drug-likeness (QED) is 0.728. The second-order valence-corrected chi connectivity index (χ2v) is 5.53. The van der Waals surface area contributed by atoms with E-state index in [1.165, 1.54) is 34.0 Å². The summed E-state index contributed by atoms with van der Waals surface area (Å²) in [5, 5.41) is 0. The molecule has 1 aromatic carbocycles. The molecule has 1 heterocycles. The first-order valence-electron chi connectivity index (χ1n) is 4.78. The van der Waals surface area contributed by atoms with E-state index >= 15 is 0 Å². The Hall–Kier alpha value is -0.120. The lowest BCUT2D eigenvalue weighted by Crippen LogP contribution is -2.22. The molecule has 1 fully saturated rings. The van der Waals surface area contributed by atoms with Crippen LogP contribution in [0.1, 0.15) is 5.56 Å². The van der Waals surface area contributed by atoms with Crippen molar-refractivity contribution in [3.05, 3.63) is 29.8 Å². The minimum atomic E-state index is 0.790. The SMILES string of the molecule is Cc1ccc(SOCC2CSC2)cc1. The predicted molar refractivity (Wildman–Crippen MR) is 63.8 cm³/mol. The maximum Gasteiger partial charge on any atom is 0.0662 e. The lowest BCUT2D eigenvalue weighted by atomic mass is 10.2. The summed E-state index contributed by atoms with van der Waals surface area (Å²) in [7, 11) is 0. The standard InChI is InChI=1S/C11H14OS2/c1-9-2-4-11(5-3-9)14-12-6-10-7-13-8-10/h2-5,10H,6-8H2,1H3. The summed E-state index contributed by atoms with van der Waals surface area (Å²) in [4.78, 5) is 1.20. The van der Waals surface area contributed by atoms with E-state index in [1.807, 2.05) is 11.8 Å². The fourth-order valence-electron chi connectivity index (χ4n) is 1.17. The highest BCUT2D eigenvalue weighted by Gasteiger charge is 2.18. The Labute approximate surface area is 93.8 Å². The summed E-state index contributed by atoms with van der Waals surface area (Å²) in [6, 6.07) is 8.45. The van der Waals surface area contributed by atoms with Crippen LogP contribution in [0.25, 0.3) is 0 Å². The molecule has 0 spiro atoms. The summed E-state index contributed by atoms with van der Waals surface area (Å²) < 4.78 is 5.57. The number of hydrogen-bond acceptors (Lipinski definition) is 3. The molecular formula is C11H14OS2. The maximum atomic E-state index is 5.57. The fourth-order valence-corrected chi connectivity index (χ4v) is 2.58. The van der Waals surface area contributed by atoms with Crippen molar-refractivity contribution in [2.75, 3.05) is 18.1 Å². The molecule has 2 rings (SSSR count). The lowest BCUT2D eigenvalue weighted by molar-refractivity contribution is 0.314. The van der Waals surface area contributed by atoms with Crippen LogP contribution in [0.3, 0.4) is 0 Å². The van der Waals surface area contributed by atoms with E-state index in [1.54, 1.807) is 0 Å². The molecular weight excluding hydrogens is 212 g/mol. The molecule has 76 valence electrons. The Morgan fingerprint density at radius 1 is 1.36 bits per heavy atom. The summed E-state index contributed by atoms with van der Waals surface area (Å²) in [5.41, 5.74) is 1.30. The van der Waals surface area contributed by atoms with Crippen molar-refractivity contribution in [3.63, 3.8) is 0 Å². The average Bonchev–Trinajstić information content (AvgIpc) is 2.12. The Bertz CT molecular complexity index is 280. The normalized spacial score (nSPS) is 16.6. The van der Waals surface area contributed by atoms with Crippen LogP contribution in [0.15, 0.2) is 29.2 Å². The zero-order valence-corrected chi connectivity index (χ0v) is 9.87. The molecule has 1 aliphatic heterocycles. The third-order valence-electron chi connectivity index (χ3n) is 2.19. The van der Waals surface area contributed by atoms with E-state index in [0.29, 0.717) is 0 Å². The van der Waals surface area contributed by atoms with E-state index in [9.17, 15) is 0 Å². The molecule has 0 bridgehead atoms. The van der Waals surface area contributed by atoms with E-state index < -0.39 is 0 Å². The van der Waals surface area contributed by atoms with Gasteiger partial charge in [-0.15, -0.1) is 0 Å². The van der Waals surface area contributed by atoms with E-state index in [0.717, 1.165) is 12.5 Å². The first kappa shape index (κ1) is 10.4. The van der Waals surface area contributed by atoms with Gasteiger partial charge in [-0.05, 0) is 30.6 Å². The molecule has 1 saturated heterocycles. The van der Waals surface area contributed by atoms with Gasteiger partial charge in [0.05, 0.1) is 6.61 Å². The third-order valence-corrected chi connectivity index (χ3v) is 4.32. The molecule has 0 aromatic heterocycles. The Morgan fingerprint density at radius 2 is 2.07 bits per heavy atom. The van der Waals surface area contributed by atoms with Gasteiger partial charge in [0.25, 0.3) is 0 Å². The summed E-state index contributed by atoms with van der Waals surface area (Å²) in [6.07, 6.45) is 0. The van der Waals surface area contributed by atoms with Crippen molar-refractivity contribution in [1.29, 1.82) is 0 Å². The van der Waals surface area contributed by atoms with Gasteiger partial charge in [0, 0.05) is 22.9 Å². The van der Waals surface area contributed by atoms with Gasteiger partial charge in [-0.25, -0.2) is 0 Å². The van der Waals surface area contributed by atoms with Crippen molar-refractivity contribution in [1.82, 2.24) is 0 Å². The van der Waals surface area contributed by atoms with Crippen molar-refractivity contribution in [2.24, 2.45) is 5.92 Å². The van der Waals surface area contributed by atoms with Gasteiger partial charge in [-0.3, -0.25) is 0 Å². The summed E-state index contributed by atoms with van der Waals surface area (Å²) >= 11 is 3.50. The molecule has 1 aromatic rings. The Kier molecular flexibility index (Phi) is 3.79. The number of benzene rings is 1. The highest BCUT2D eigenvalue weighted by Crippen LogP contribution is 2.27. The van der Waals surface area contributed by atoms with Gasteiger partial charge in [-0.1, -0.05) is 17.7 Å². The van der Waals surface area contributed by atoms with Crippen LogP contribution in [0.5, 0.6) is 0 Å². The summed E-state index contributed by atoms with van der Waals surface area (Å²) in [5.74, 6) is 3.33. The van der Waals surface area contributed by atoms with Gasteiger partial charge in [0.2, 0.25) is 0 Å². The van der Waals surface area contributed by atoms with Gasteiger partial charge in [-0.2, -0.15) is 11.8 Å². The van der Waals surface area contributed by atoms with Gasteiger partial charge in [0.1, 0.15) is 0 Å². The lowest BCUT2D eigenvalue weighted by Gasteiger charge is -2.23. The predicted octanol–water partition coefficient (Wildman–Crippen LogP) is 3.38. The van der Waals surface area contributed by atoms with Crippen molar-refractivity contribution in [3.8, 4) is 0 Å². The van der Waals surface area contributed by atoms with Crippen molar-refractivity contribution < 1.29 is 4.18 Å². The van der Waals surface area contributed by atoms with E-state index in [2.05, 4.69) is 31.2 Å². The van der Waals surface area contributed by atoms with Crippen LogP contribution in [-0.2, 0) is 4.18 Å². The molecule has 1 nitrogen and oxygen atoms in total. The monoisotopic (exact) mass is 226 g/mol. The highest BCUT2D eigenvalue weighted by atomic mass is 32.2. The van der Waals surface area contributed by atoms with Crippen molar-refractivity contribution >= 4 is 23.8 Å². The van der Waals surface area contributed by atoms with E-state index in [-0.39, 0.29) is 0 Å². The topological polar surface area (TPSA) is 9.23 Å². The number of thioether (sulfide) groups is 1. The third kappa shape index (κ3) is 2.94. The van der Waals surface area contributed by atoms with Gasteiger partial charge in [0.15, 0.2) is 0 Å². The molecule has 0 N–H and O–H groups in total. The molecule has 3 heteroatoms. The smallest absolute Gasteiger partial charge is 0.0662 e. The van der Waals surface area contributed by atoms with Gasteiger partial charge >= 0.3 is 0 Å². The molecule has 0 aliphatic carbocycles. The molecule has 0 radical (unpaired) electrons. The Balaban J connectivity index is 1.71. The number of rotatable bonds is 4. The second kappa shape index (κ2) is 5.10. The minimum absolute atomic E-state index is 0.790. The molecule has 0 amide bonds. The molecule has 0 unspecified atom stereocenters. The van der Waals surface area contributed by atoms with Crippen LogP contribution in [0.4, 0.5) is 0 Å². The average molecular weight is 226 g/mol. The molecule has 1 aliphatic rings. The zero-order chi connectivity index (χ0) is 9.80. The van der Waals surface area contributed by atoms with Crippen LogP contribution < -0.4 is 0 Å². The first-order chi connectivity index (χ1) is 6.84. The first-order valence-corrected chi connectivity index (χ1v) is 6.68. The highest BCUT2D eigenvalue weighted by molar-refractivity contribution is 8.00. The van der Waals surface area contributed by atoms with Gasteiger partial charge < -0.3 is 4.18 Å². The maximum absolute atomic E-state index is 5.57. The number of hydrogen-bond donors (Lipinski definition) is 0. The fraction of sp³-hybridized carbons (Fsp3) is 0.455. The summed E-state index contributed by atoms with van der Waals surface area (Å²) in [6.45, 7) is 2.99. The van der Waals surface area contributed by atoms with E-state index in [4.69, 9.17) is 4.18 Å².